The summed E-state index contributed by atoms with van der Waals surface area (Å²) in [6.07, 6.45) is 2.03. The van der Waals surface area contributed by atoms with Crippen molar-refractivity contribution in [1.29, 1.82) is 0 Å². The maximum atomic E-state index is 10.9. The highest BCUT2D eigenvalue weighted by molar-refractivity contribution is 5.72. The van der Waals surface area contributed by atoms with E-state index in [1.807, 2.05) is 0 Å². The van der Waals surface area contributed by atoms with Gasteiger partial charge in [0.1, 0.15) is 0 Å². The highest BCUT2D eigenvalue weighted by Crippen LogP contribution is 2.21. The molecule has 2 amide bonds. The van der Waals surface area contributed by atoms with Crippen LogP contribution in [0.25, 0.3) is 0 Å². The Morgan fingerprint density at radius 3 is 2.83 bits per heavy atom. The van der Waals surface area contributed by atoms with Crippen molar-refractivity contribution in [3.8, 4) is 0 Å². The van der Waals surface area contributed by atoms with Crippen molar-refractivity contribution in [2.45, 2.75) is 25.8 Å². The first kappa shape index (κ1) is 9.32. The quantitative estimate of drug-likeness (QED) is 0.588. The van der Waals surface area contributed by atoms with E-state index in [2.05, 4.69) is 6.92 Å². The van der Waals surface area contributed by atoms with E-state index in [0.29, 0.717) is 12.5 Å². The molecule has 1 fully saturated rings. The van der Waals surface area contributed by atoms with Crippen molar-refractivity contribution in [3.05, 3.63) is 0 Å². The Labute approximate surface area is 72.9 Å². The van der Waals surface area contributed by atoms with E-state index in [-0.39, 0.29) is 12.1 Å². The third kappa shape index (κ3) is 1.88. The highest BCUT2D eigenvalue weighted by Gasteiger charge is 2.27. The predicted octanol–water partition coefficient (Wildman–Crippen LogP) is 0.124. The number of nitrogens with zero attached hydrogens (tertiary/aromatic N) is 1. The SMILES string of the molecule is CC1CCN(C(N)=O)C(CN)C1. The van der Waals surface area contributed by atoms with Gasteiger partial charge in [0.15, 0.2) is 0 Å². The Kier molecular flexibility index (Phi) is 2.92. The number of rotatable bonds is 1. The summed E-state index contributed by atoms with van der Waals surface area (Å²) in [5, 5.41) is 0. The molecular formula is C8H17N3O. The summed E-state index contributed by atoms with van der Waals surface area (Å²) in [6.45, 7) is 3.46. The van der Waals surface area contributed by atoms with Gasteiger partial charge >= 0.3 is 6.03 Å². The van der Waals surface area contributed by atoms with Gasteiger partial charge in [-0.3, -0.25) is 0 Å². The van der Waals surface area contributed by atoms with E-state index < -0.39 is 0 Å². The summed E-state index contributed by atoms with van der Waals surface area (Å²) in [7, 11) is 0. The number of primary amides is 1. The van der Waals surface area contributed by atoms with Gasteiger partial charge in [-0.15, -0.1) is 0 Å². The molecule has 1 aliphatic heterocycles. The number of hydrogen-bond acceptors (Lipinski definition) is 2. The van der Waals surface area contributed by atoms with Gasteiger partial charge < -0.3 is 16.4 Å². The van der Waals surface area contributed by atoms with Gasteiger partial charge in [0.05, 0.1) is 0 Å². The Bertz CT molecular complexity index is 172. The Balaban J connectivity index is 2.56. The summed E-state index contributed by atoms with van der Waals surface area (Å²) in [5.41, 5.74) is 10.8. The number of carbonyl (C=O) groups excluding carboxylic acids is 1. The van der Waals surface area contributed by atoms with Gasteiger partial charge in [0.25, 0.3) is 0 Å². The van der Waals surface area contributed by atoms with Gasteiger partial charge in [-0.2, -0.15) is 0 Å². The first-order valence-electron chi connectivity index (χ1n) is 4.41. The van der Waals surface area contributed by atoms with E-state index in [4.69, 9.17) is 11.5 Å². The van der Waals surface area contributed by atoms with Gasteiger partial charge in [-0.05, 0) is 18.8 Å². The second-order valence-electron chi connectivity index (χ2n) is 3.55. The molecule has 4 N–H and O–H groups in total. The van der Waals surface area contributed by atoms with Crippen LogP contribution in [0.2, 0.25) is 0 Å². The van der Waals surface area contributed by atoms with Crippen molar-refractivity contribution in [2.24, 2.45) is 17.4 Å². The molecule has 1 aliphatic rings. The van der Waals surface area contributed by atoms with Crippen LogP contribution in [0, 0.1) is 5.92 Å². The molecule has 2 atom stereocenters. The molecule has 12 heavy (non-hydrogen) atoms. The molecule has 0 spiro atoms. The van der Waals surface area contributed by atoms with E-state index in [1.165, 1.54) is 0 Å². The number of amides is 2. The molecule has 0 saturated carbocycles. The van der Waals surface area contributed by atoms with Crippen LogP contribution in [-0.4, -0.2) is 30.1 Å². The Morgan fingerprint density at radius 2 is 2.33 bits per heavy atom. The van der Waals surface area contributed by atoms with Crippen LogP contribution in [0.5, 0.6) is 0 Å². The normalized spacial score (nSPS) is 30.3. The van der Waals surface area contributed by atoms with Crippen LogP contribution in [0.4, 0.5) is 4.79 Å². The highest BCUT2D eigenvalue weighted by atomic mass is 16.2. The van der Waals surface area contributed by atoms with Crippen molar-refractivity contribution in [3.63, 3.8) is 0 Å². The average Bonchev–Trinajstić information content (AvgIpc) is 2.03. The Hall–Kier alpha value is -0.770. The molecule has 0 aliphatic carbocycles. The van der Waals surface area contributed by atoms with E-state index in [1.54, 1.807) is 4.90 Å². The van der Waals surface area contributed by atoms with Gasteiger partial charge in [-0.1, -0.05) is 6.92 Å². The van der Waals surface area contributed by atoms with Crippen LogP contribution in [0.1, 0.15) is 19.8 Å². The molecule has 1 rings (SSSR count). The molecule has 4 nitrogen and oxygen atoms in total. The van der Waals surface area contributed by atoms with Gasteiger partial charge in [0.2, 0.25) is 0 Å². The van der Waals surface area contributed by atoms with Crippen molar-refractivity contribution in [2.75, 3.05) is 13.1 Å². The van der Waals surface area contributed by atoms with E-state index in [9.17, 15) is 4.79 Å². The molecule has 4 heteroatoms. The third-order valence-corrected chi connectivity index (χ3v) is 2.53. The second-order valence-corrected chi connectivity index (χ2v) is 3.55. The number of likely N-dealkylation sites (tertiary alicyclic amines) is 1. The summed E-state index contributed by atoms with van der Waals surface area (Å²) >= 11 is 0. The molecule has 1 saturated heterocycles. The fraction of sp³-hybridized carbons (Fsp3) is 0.875. The largest absolute Gasteiger partial charge is 0.351 e. The lowest BCUT2D eigenvalue weighted by Gasteiger charge is -2.36. The second kappa shape index (κ2) is 3.76. The smallest absolute Gasteiger partial charge is 0.315 e. The zero-order chi connectivity index (χ0) is 9.14. The zero-order valence-electron chi connectivity index (χ0n) is 7.49. The summed E-state index contributed by atoms with van der Waals surface area (Å²) in [5.74, 6) is 0.661. The van der Waals surface area contributed by atoms with Crippen LogP contribution >= 0.6 is 0 Å². The fourth-order valence-electron chi connectivity index (χ4n) is 1.77. The zero-order valence-corrected chi connectivity index (χ0v) is 7.49. The van der Waals surface area contributed by atoms with Gasteiger partial charge in [-0.25, -0.2) is 4.79 Å². The Morgan fingerprint density at radius 1 is 1.67 bits per heavy atom. The number of piperidine rings is 1. The van der Waals surface area contributed by atoms with Crippen LogP contribution in [0.15, 0.2) is 0 Å². The summed E-state index contributed by atoms with van der Waals surface area (Å²) in [6, 6.07) is -0.177. The number of hydrogen-bond donors (Lipinski definition) is 2. The lowest BCUT2D eigenvalue weighted by atomic mass is 9.93. The third-order valence-electron chi connectivity index (χ3n) is 2.53. The first-order chi connectivity index (χ1) is 5.65. The van der Waals surface area contributed by atoms with Crippen LogP contribution < -0.4 is 11.5 Å². The minimum absolute atomic E-state index is 0.159. The summed E-state index contributed by atoms with van der Waals surface area (Å²) < 4.78 is 0. The van der Waals surface area contributed by atoms with Gasteiger partial charge in [0, 0.05) is 19.1 Å². The number of carbonyl (C=O) groups is 1. The van der Waals surface area contributed by atoms with Crippen molar-refractivity contribution < 1.29 is 4.79 Å². The number of nitrogens with two attached hydrogens (primary N) is 2. The molecule has 0 aromatic heterocycles. The summed E-state index contributed by atoms with van der Waals surface area (Å²) in [4.78, 5) is 12.6. The fourth-order valence-corrected chi connectivity index (χ4v) is 1.77. The maximum Gasteiger partial charge on any atom is 0.315 e. The average molecular weight is 171 g/mol. The topological polar surface area (TPSA) is 72.3 Å². The monoisotopic (exact) mass is 171 g/mol. The lowest BCUT2D eigenvalue weighted by Crippen LogP contribution is -2.51. The standard InChI is InChI=1S/C8H17N3O/c1-6-2-3-11(8(10)12)7(4-6)5-9/h6-7H,2-5,9H2,1H3,(H2,10,12). The molecule has 1 heterocycles. The minimum Gasteiger partial charge on any atom is -0.351 e. The molecular weight excluding hydrogens is 154 g/mol. The molecule has 0 aromatic rings. The molecule has 70 valence electrons. The molecule has 0 radical (unpaired) electrons. The van der Waals surface area contributed by atoms with E-state index >= 15 is 0 Å². The maximum absolute atomic E-state index is 10.9. The van der Waals surface area contributed by atoms with E-state index in [0.717, 1.165) is 19.4 Å². The van der Waals surface area contributed by atoms with Crippen molar-refractivity contribution in [1.82, 2.24) is 4.90 Å². The van der Waals surface area contributed by atoms with Crippen LogP contribution in [0.3, 0.4) is 0 Å². The number of urea groups is 1. The first-order valence-corrected chi connectivity index (χ1v) is 4.41. The predicted molar refractivity (Wildman–Crippen MR) is 47.5 cm³/mol. The minimum atomic E-state index is -0.336. The lowest BCUT2D eigenvalue weighted by molar-refractivity contribution is 0.142. The van der Waals surface area contributed by atoms with Crippen LogP contribution in [-0.2, 0) is 0 Å². The molecule has 0 bridgehead atoms. The van der Waals surface area contributed by atoms with Crippen molar-refractivity contribution >= 4 is 6.03 Å². The molecule has 2 unspecified atom stereocenters. The molecule has 0 aromatic carbocycles.